The lowest BCUT2D eigenvalue weighted by atomic mass is 10.4. The van der Waals surface area contributed by atoms with E-state index in [2.05, 4.69) is 15.3 Å². The van der Waals surface area contributed by atoms with Gasteiger partial charge in [-0.1, -0.05) is 18.7 Å². The Kier molecular flexibility index (Phi) is 4.33. The summed E-state index contributed by atoms with van der Waals surface area (Å²) in [6, 6.07) is 1.99. The molecule has 0 spiro atoms. The zero-order valence-corrected chi connectivity index (χ0v) is 11.1. The van der Waals surface area contributed by atoms with Crippen LogP contribution < -0.4 is 5.32 Å². The molecule has 0 fully saturated rings. The van der Waals surface area contributed by atoms with E-state index in [1.54, 1.807) is 17.7 Å². The number of hydrogen-bond acceptors (Lipinski definition) is 5. The fraction of sp³-hybridized carbons (Fsp3) is 0.364. The van der Waals surface area contributed by atoms with E-state index in [9.17, 15) is 4.79 Å². The van der Waals surface area contributed by atoms with E-state index in [-0.39, 0.29) is 5.91 Å². The number of carbonyl (C=O) groups is 1. The van der Waals surface area contributed by atoms with Crippen LogP contribution in [-0.2, 0) is 4.79 Å². The molecule has 6 heteroatoms. The summed E-state index contributed by atoms with van der Waals surface area (Å²) in [5.74, 6) is 0.459. The Morgan fingerprint density at radius 1 is 1.53 bits per heavy atom. The second-order valence-electron chi connectivity index (χ2n) is 3.46. The smallest absolute Gasteiger partial charge is 0.230 e. The fourth-order valence-electron chi connectivity index (χ4n) is 1.33. The van der Waals surface area contributed by atoms with Crippen LogP contribution in [0.15, 0.2) is 22.8 Å². The monoisotopic (exact) mass is 267 g/mol. The molecule has 4 nitrogen and oxygen atoms in total. The van der Waals surface area contributed by atoms with Crippen molar-refractivity contribution in [1.29, 1.82) is 0 Å². The highest BCUT2D eigenvalue weighted by Crippen LogP contribution is 2.27. The Labute approximate surface area is 108 Å². The number of fused-ring (bicyclic) bond motifs is 1. The molecule has 2 rings (SSSR count). The van der Waals surface area contributed by atoms with Gasteiger partial charge >= 0.3 is 0 Å². The zero-order valence-electron chi connectivity index (χ0n) is 9.47. The molecule has 1 amide bonds. The molecule has 90 valence electrons. The van der Waals surface area contributed by atoms with Crippen LogP contribution in [0.4, 0.5) is 0 Å². The van der Waals surface area contributed by atoms with Crippen molar-refractivity contribution in [1.82, 2.24) is 15.3 Å². The number of amides is 1. The molecular weight excluding hydrogens is 254 g/mol. The van der Waals surface area contributed by atoms with Gasteiger partial charge in [0, 0.05) is 11.9 Å². The quantitative estimate of drug-likeness (QED) is 0.667. The molecule has 0 radical (unpaired) electrons. The first kappa shape index (κ1) is 12.3. The van der Waals surface area contributed by atoms with Crippen molar-refractivity contribution in [2.45, 2.75) is 18.4 Å². The van der Waals surface area contributed by atoms with Crippen LogP contribution in [0.3, 0.4) is 0 Å². The molecule has 0 aliphatic carbocycles. The van der Waals surface area contributed by atoms with E-state index in [0.717, 1.165) is 28.2 Å². The third-order valence-electron chi connectivity index (χ3n) is 2.14. The largest absolute Gasteiger partial charge is 0.355 e. The molecule has 0 saturated carbocycles. The minimum Gasteiger partial charge on any atom is -0.355 e. The first-order valence-corrected chi connectivity index (χ1v) is 7.25. The normalized spacial score (nSPS) is 10.6. The van der Waals surface area contributed by atoms with Crippen molar-refractivity contribution in [3.8, 4) is 0 Å². The van der Waals surface area contributed by atoms with Gasteiger partial charge in [-0.3, -0.25) is 4.79 Å². The van der Waals surface area contributed by atoms with Gasteiger partial charge in [-0.25, -0.2) is 9.97 Å². The Morgan fingerprint density at radius 3 is 3.24 bits per heavy atom. The predicted octanol–water partition coefficient (Wildman–Crippen LogP) is 2.31. The highest BCUT2D eigenvalue weighted by molar-refractivity contribution is 8.00. The number of thiophene rings is 1. The maximum absolute atomic E-state index is 11.5. The van der Waals surface area contributed by atoms with Gasteiger partial charge in [-0.15, -0.1) is 11.3 Å². The summed E-state index contributed by atoms with van der Waals surface area (Å²) in [5, 5.41) is 6.74. The van der Waals surface area contributed by atoms with Crippen molar-refractivity contribution in [3.63, 3.8) is 0 Å². The Hall–Kier alpha value is -1.14. The summed E-state index contributed by atoms with van der Waals surface area (Å²) < 4.78 is 0. The number of hydrogen-bond donors (Lipinski definition) is 1. The molecule has 0 atom stereocenters. The van der Waals surface area contributed by atoms with Crippen LogP contribution in [-0.4, -0.2) is 28.2 Å². The number of thioether (sulfide) groups is 1. The summed E-state index contributed by atoms with van der Waals surface area (Å²) in [7, 11) is 0. The van der Waals surface area contributed by atoms with Crippen LogP contribution >= 0.6 is 23.1 Å². The van der Waals surface area contributed by atoms with Gasteiger partial charge in [0.05, 0.1) is 5.75 Å². The molecular formula is C11H13N3OS2. The van der Waals surface area contributed by atoms with Crippen LogP contribution in [0.2, 0.25) is 0 Å². The van der Waals surface area contributed by atoms with Crippen molar-refractivity contribution in [2.24, 2.45) is 0 Å². The third-order valence-corrected chi connectivity index (χ3v) is 3.96. The first-order valence-electron chi connectivity index (χ1n) is 5.39. The summed E-state index contributed by atoms with van der Waals surface area (Å²) in [6.07, 6.45) is 2.50. The van der Waals surface area contributed by atoms with E-state index >= 15 is 0 Å². The Morgan fingerprint density at radius 2 is 2.41 bits per heavy atom. The predicted molar refractivity (Wildman–Crippen MR) is 71.4 cm³/mol. The molecule has 0 aliphatic heterocycles. The SMILES string of the molecule is CCCNC(=O)CSc1ncnc2sccc12. The second kappa shape index (κ2) is 5.97. The highest BCUT2D eigenvalue weighted by Gasteiger charge is 2.07. The standard InChI is InChI=1S/C11H13N3OS2/c1-2-4-12-9(15)6-17-11-8-3-5-16-10(8)13-7-14-11/h3,5,7H,2,4,6H2,1H3,(H,12,15). The van der Waals surface area contributed by atoms with Gasteiger partial charge in [-0.05, 0) is 17.9 Å². The summed E-state index contributed by atoms with van der Waals surface area (Å²) in [6.45, 7) is 2.77. The highest BCUT2D eigenvalue weighted by atomic mass is 32.2. The molecule has 0 unspecified atom stereocenters. The van der Waals surface area contributed by atoms with Gasteiger partial charge in [0.1, 0.15) is 16.2 Å². The lowest BCUT2D eigenvalue weighted by Gasteiger charge is -2.03. The lowest BCUT2D eigenvalue weighted by Crippen LogP contribution is -2.25. The van der Waals surface area contributed by atoms with Gasteiger partial charge in [0.25, 0.3) is 0 Å². The summed E-state index contributed by atoms with van der Waals surface area (Å²) in [4.78, 5) is 20.8. The Balaban J connectivity index is 1.99. The van der Waals surface area contributed by atoms with E-state index in [4.69, 9.17) is 0 Å². The average Bonchev–Trinajstić information content (AvgIpc) is 2.82. The number of nitrogens with zero attached hydrogens (tertiary/aromatic N) is 2. The van der Waals surface area contributed by atoms with Crippen LogP contribution in [0.5, 0.6) is 0 Å². The molecule has 1 N–H and O–H groups in total. The minimum atomic E-state index is 0.0545. The van der Waals surface area contributed by atoms with Crippen LogP contribution in [0, 0.1) is 0 Å². The molecule has 0 saturated heterocycles. The molecule has 17 heavy (non-hydrogen) atoms. The first-order chi connectivity index (χ1) is 8.31. The van der Waals surface area contributed by atoms with Gasteiger partial charge < -0.3 is 5.32 Å². The molecule has 0 bridgehead atoms. The van der Waals surface area contributed by atoms with E-state index in [1.165, 1.54) is 11.8 Å². The fourth-order valence-corrected chi connectivity index (χ4v) is 2.94. The molecule has 2 aromatic rings. The van der Waals surface area contributed by atoms with Crippen molar-refractivity contribution in [2.75, 3.05) is 12.3 Å². The van der Waals surface area contributed by atoms with E-state index in [1.807, 2.05) is 18.4 Å². The van der Waals surface area contributed by atoms with Gasteiger partial charge in [0.15, 0.2) is 0 Å². The molecule has 0 aliphatic rings. The molecule has 2 aromatic heterocycles. The number of carbonyl (C=O) groups excluding carboxylic acids is 1. The van der Waals surface area contributed by atoms with Gasteiger partial charge in [-0.2, -0.15) is 0 Å². The second-order valence-corrected chi connectivity index (χ2v) is 5.32. The summed E-state index contributed by atoms with van der Waals surface area (Å²) in [5.41, 5.74) is 0. The molecule has 2 heterocycles. The summed E-state index contributed by atoms with van der Waals surface area (Å²) >= 11 is 3.04. The Bertz CT molecular complexity index is 512. The average molecular weight is 267 g/mol. The van der Waals surface area contributed by atoms with Crippen molar-refractivity contribution in [3.05, 3.63) is 17.8 Å². The topological polar surface area (TPSA) is 54.9 Å². The van der Waals surface area contributed by atoms with Gasteiger partial charge in [0.2, 0.25) is 5.91 Å². The molecule has 0 aromatic carbocycles. The lowest BCUT2D eigenvalue weighted by molar-refractivity contribution is -0.118. The third kappa shape index (κ3) is 3.17. The van der Waals surface area contributed by atoms with E-state index in [0.29, 0.717) is 5.75 Å². The van der Waals surface area contributed by atoms with Crippen LogP contribution in [0.1, 0.15) is 13.3 Å². The maximum atomic E-state index is 11.5. The number of nitrogens with one attached hydrogen (secondary N) is 1. The van der Waals surface area contributed by atoms with Crippen molar-refractivity contribution < 1.29 is 4.79 Å². The number of rotatable bonds is 5. The maximum Gasteiger partial charge on any atom is 0.230 e. The van der Waals surface area contributed by atoms with Crippen LogP contribution in [0.25, 0.3) is 10.2 Å². The van der Waals surface area contributed by atoms with Crippen molar-refractivity contribution >= 4 is 39.2 Å². The zero-order chi connectivity index (χ0) is 12.1. The number of aromatic nitrogens is 2. The van der Waals surface area contributed by atoms with E-state index < -0.39 is 0 Å². The minimum absolute atomic E-state index is 0.0545.